The average molecular weight is 682 g/mol. The van der Waals surface area contributed by atoms with Crippen LogP contribution < -0.4 is 16.4 Å². The van der Waals surface area contributed by atoms with Crippen molar-refractivity contribution >= 4 is 55.4 Å². The van der Waals surface area contributed by atoms with Gasteiger partial charge in [-0.3, -0.25) is 15.0 Å². The first kappa shape index (κ1) is 32.8. The number of benzene rings is 6. The zero-order valence-corrected chi connectivity index (χ0v) is 31.1. The molecule has 0 spiro atoms. The molecule has 0 amide bonds. The molecule has 3 nitrogen and oxygen atoms in total. The Bertz CT molecular complexity index is 2670. The van der Waals surface area contributed by atoms with Crippen molar-refractivity contribution in [1.82, 2.24) is 15.0 Å². The number of hydrogen-bond acceptors (Lipinski definition) is 3. The first-order valence-electron chi connectivity index (χ1n) is 18.4. The lowest BCUT2D eigenvalue weighted by Gasteiger charge is -2.28. The molecule has 0 saturated heterocycles. The molecule has 0 saturated carbocycles. The van der Waals surface area contributed by atoms with Gasteiger partial charge in [-0.2, -0.15) is 0 Å². The molecule has 3 heterocycles. The first-order valence-corrected chi connectivity index (χ1v) is 18.4. The predicted octanol–water partition coefficient (Wildman–Crippen LogP) is 10.1. The Hall–Kier alpha value is -6.13. The van der Waals surface area contributed by atoms with E-state index in [9.17, 15) is 0 Å². The van der Waals surface area contributed by atoms with E-state index in [1.807, 2.05) is 37.2 Å². The molecule has 0 N–H and O–H groups in total. The summed E-state index contributed by atoms with van der Waals surface area (Å²) in [7, 11) is 0. The lowest BCUT2D eigenvalue weighted by Crippen LogP contribution is -2.56. The van der Waals surface area contributed by atoms with Crippen LogP contribution in [-0.2, 0) is 0 Å². The van der Waals surface area contributed by atoms with E-state index < -0.39 is 0 Å². The zero-order chi connectivity index (χ0) is 36.4. The minimum atomic E-state index is 0.0145. The van der Waals surface area contributed by atoms with Crippen LogP contribution in [0, 0.1) is 41.5 Å². The van der Waals surface area contributed by atoms with Crippen LogP contribution in [0.4, 0.5) is 0 Å². The fourth-order valence-corrected chi connectivity index (χ4v) is 9.32. The molecule has 53 heavy (non-hydrogen) atoms. The van der Waals surface area contributed by atoms with Crippen LogP contribution in [0.25, 0.3) is 65.7 Å². The molecular formula is C49H40BN3. The number of hydrogen-bond donors (Lipinski definition) is 0. The summed E-state index contributed by atoms with van der Waals surface area (Å²) >= 11 is 0. The molecule has 0 unspecified atom stereocenters. The van der Waals surface area contributed by atoms with Gasteiger partial charge in [0.25, 0.3) is 0 Å². The molecule has 0 radical (unpaired) electrons. The van der Waals surface area contributed by atoms with Crippen molar-refractivity contribution in [2.75, 3.05) is 0 Å². The maximum atomic E-state index is 4.43. The number of rotatable bonds is 6. The molecule has 254 valence electrons. The van der Waals surface area contributed by atoms with Crippen molar-refractivity contribution < 1.29 is 0 Å². The van der Waals surface area contributed by atoms with Crippen molar-refractivity contribution in [2.24, 2.45) is 0 Å². The third-order valence-corrected chi connectivity index (χ3v) is 11.3. The Kier molecular flexibility index (Phi) is 7.93. The van der Waals surface area contributed by atoms with Gasteiger partial charge in [-0.15, -0.1) is 0 Å². The van der Waals surface area contributed by atoms with Crippen LogP contribution in [-0.4, -0.2) is 21.7 Å². The fraction of sp³-hybridized carbons (Fsp3) is 0.122. The summed E-state index contributed by atoms with van der Waals surface area (Å²) in [6, 6.07) is 36.5. The quantitative estimate of drug-likeness (QED) is 0.130. The van der Waals surface area contributed by atoms with Gasteiger partial charge >= 0.3 is 0 Å². The second kappa shape index (κ2) is 12.8. The highest BCUT2D eigenvalue weighted by Gasteiger charge is 2.32. The molecule has 4 heteroatoms. The van der Waals surface area contributed by atoms with E-state index >= 15 is 0 Å². The molecule has 3 aromatic heterocycles. The highest BCUT2D eigenvalue weighted by atomic mass is 14.6. The topological polar surface area (TPSA) is 38.7 Å². The van der Waals surface area contributed by atoms with Gasteiger partial charge in [0.15, 0.2) is 0 Å². The number of pyridine rings is 3. The van der Waals surface area contributed by atoms with E-state index in [-0.39, 0.29) is 6.71 Å². The normalized spacial score (nSPS) is 11.6. The average Bonchev–Trinajstić information content (AvgIpc) is 3.16. The lowest BCUT2D eigenvalue weighted by atomic mass is 9.33. The second-order valence-corrected chi connectivity index (χ2v) is 14.8. The molecule has 0 bridgehead atoms. The molecule has 0 fully saturated rings. The van der Waals surface area contributed by atoms with Gasteiger partial charge < -0.3 is 0 Å². The number of aromatic nitrogens is 3. The van der Waals surface area contributed by atoms with Crippen LogP contribution in [0.3, 0.4) is 0 Å². The zero-order valence-electron chi connectivity index (χ0n) is 31.1. The van der Waals surface area contributed by atoms with Crippen LogP contribution in [0.1, 0.15) is 33.4 Å². The molecule has 6 aromatic carbocycles. The van der Waals surface area contributed by atoms with E-state index in [2.05, 4.69) is 154 Å². The second-order valence-electron chi connectivity index (χ2n) is 14.8. The smallest absolute Gasteiger partial charge is 0.243 e. The van der Waals surface area contributed by atoms with E-state index in [0.717, 1.165) is 16.7 Å². The molecule has 0 aliphatic rings. The van der Waals surface area contributed by atoms with Gasteiger partial charge in [0.2, 0.25) is 6.71 Å². The summed E-state index contributed by atoms with van der Waals surface area (Å²) in [4.78, 5) is 13.2. The Labute approximate surface area is 311 Å². The molecular weight excluding hydrogens is 641 g/mol. The summed E-state index contributed by atoms with van der Waals surface area (Å²) < 4.78 is 0. The third kappa shape index (κ3) is 5.40. The Morgan fingerprint density at radius 3 is 1.06 bits per heavy atom. The largest absolute Gasteiger partial charge is 0.265 e. The van der Waals surface area contributed by atoms with Gasteiger partial charge in [0.05, 0.1) is 0 Å². The molecule has 9 rings (SSSR count). The highest BCUT2D eigenvalue weighted by molar-refractivity contribution is 6.98. The lowest BCUT2D eigenvalue weighted by molar-refractivity contribution is 1.33. The fourth-order valence-electron chi connectivity index (χ4n) is 9.32. The summed E-state index contributed by atoms with van der Waals surface area (Å²) in [5.74, 6) is 0. The van der Waals surface area contributed by atoms with Crippen LogP contribution in [0.5, 0.6) is 0 Å². The Morgan fingerprint density at radius 2 is 0.679 bits per heavy atom. The van der Waals surface area contributed by atoms with Crippen LogP contribution in [0.2, 0.25) is 0 Å². The van der Waals surface area contributed by atoms with Crippen molar-refractivity contribution in [2.45, 2.75) is 41.5 Å². The number of nitrogens with zero attached hydrogens (tertiary/aromatic N) is 3. The van der Waals surface area contributed by atoms with Crippen LogP contribution >= 0.6 is 0 Å². The van der Waals surface area contributed by atoms with Gasteiger partial charge in [-0.25, -0.2) is 0 Å². The monoisotopic (exact) mass is 681 g/mol. The molecule has 9 aromatic rings. The summed E-state index contributed by atoms with van der Waals surface area (Å²) in [5.41, 5.74) is 19.0. The molecule has 0 aliphatic heterocycles. The molecule has 0 aliphatic carbocycles. The maximum Gasteiger partial charge on any atom is 0.243 e. The summed E-state index contributed by atoms with van der Waals surface area (Å²) in [5, 5.41) is 7.59. The van der Waals surface area contributed by atoms with Crippen molar-refractivity contribution in [3.8, 4) is 33.4 Å². The van der Waals surface area contributed by atoms with Crippen molar-refractivity contribution in [1.29, 1.82) is 0 Å². The predicted molar refractivity (Wildman–Crippen MR) is 226 cm³/mol. The molecule has 0 atom stereocenters. The SMILES string of the molecule is Cc1cc(C)c(B(c2c(C)cc(C)cc2C)c2cc(-c3ccncc3)c3ccc4c(-c5ccncc5)cc(-c5ccncc5)c5ccc2c3c54)c(C)c1. The van der Waals surface area contributed by atoms with Gasteiger partial charge in [-0.05, 0) is 150 Å². The minimum Gasteiger partial charge on any atom is -0.265 e. The summed E-state index contributed by atoms with van der Waals surface area (Å²) in [6.07, 6.45) is 11.4. The Morgan fingerprint density at radius 1 is 0.358 bits per heavy atom. The van der Waals surface area contributed by atoms with Crippen LogP contribution in [0.15, 0.2) is 134 Å². The van der Waals surface area contributed by atoms with E-state index in [1.54, 1.807) is 0 Å². The standard InChI is InChI=1S/C49H40BN3/c1-29-23-31(3)48(32(4)24-29)50(49-33(5)25-30(2)26-34(49)6)45-28-44(37-15-21-53-22-16-37)40-8-7-38-42(35-11-17-51-18-12-35)27-43(36-13-19-52-20-14-36)39-9-10-41(45)47(40)46(38)39/h7-28H,1-6H3. The van der Waals surface area contributed by atoms with E-state index in [4.69, 9.17) is 0 Å². The van der Waals surface area contributed by atoms with Gasteiger partial charge in [-0.1, -0.05) is 104 Å². The Balaban J connectivity index is 1.51. The summed E-state index contributed by atoms with van der Waals surface area (Å²) in [6.45, 7) is 13.6. The van der Waals surface area contributed by atoms with E-state index in [1.165, 1.54) is 98.8 Å². The number of aryl methyl sites for hydroxylation is 6. The van der Waals surface area contributed by atoms with Gasteiger partial charge in [0, 0.05) is 37.2 Å². The highest BCUT2D eigenvalue weighted by Crippen LogP contribution is 2.45. The minimum absolute atomic E-state index is 0.0145. The van der Waals surface area contributed by atoms with Crippen molar-refractivity contribution in [3.05, 3.63) is 168 Å². The van der Waals surface area contributed by atoms with Gasteiger partial charge in [0.1, 0.15) is 0 Å². The van der Waals surface area contributed by atoms with E-state index in [0.29, 0.717) is 0 Å². The first-order chi connectivity index (χ1) is 25.8. The maximum absolute atomic E-state index is 4.43. The van der Waals surface area contributed by atoms with Crippen molar-refractivity contribution in [3.63, 3.8) is 0 Å². The third-order valence-electron chi connectivity index (χ3n) is 11.3.